The normalized spacial score (nSPS) is 10.8. The van der Waals surface area contributed by atoms with Gasteiger partial charge >= 0.3 is 6.03 Å². The molecule has 142 valence electrons. The van der Waals surface area contributed by atoms with E-state index in [-0.39, 0.29) is 6.03 Å². The molecule has 27 heavy (non-hydrogen) atoms. The van der Waals surface area contributed by atoms with Gasteiger partial charge in [0.1, 0.15) is 5.75 Å². The maximum Gasteiger partial charge on any atom is 0.325 e. The number of aromatic nitrogens is 3. The molecule has 0 spiro atoms. The Bertz CT molecular complexity index is 892. The number of anilines is 2. The van der Waals surface area contributed by atoms with Gasteiger partial charge in [0.25, 0.3) is 0 Å². The summed E-state index contributed by atoms with van der Waals surface area (Å²) in [6.45, 7) is 6.70. The molecule has 0 atom stereocenters. The van der Waals surface area contributed by atoms with Crippen LogP contribution in [0.15, 0.2) is 35.2 Å². The van der Waals surface area contributed by atoms with Crippen LogP contribution < -0.4 is 15.4 Å². The van der Waals surface area contributed by atoms with Crippen molar-refractivity contribution in [3.63, 3.8) is 0 Å². The molecule has 9 heteroatoms. The van der Waals surface area contributed by atoms with Crippen LogP contribution in [0.5, 0.6) is 5.75 Å². The first-order chi connectivity index (χ1) is 13.0. The van der Waals surface area contributed by atoms with Crippen molar-refractivity contribution < 1.29 is 14.1 Å². The van der Waals surface area contributed by atoms with Crippen LogP contribution in [0, 0.1) is 12.8 Å². The van der Waals surface area contributed by atoms with Crippen molar-refractivity contribution in [2.75, 3.05) is 17.2 Å². The zero-order chi connectivity index (χ0) is 19.2. The van der Waals surface area contributed by atoms with Crippen LogP contribution in [0.2, 0.25) is 0 Å². The van der Waals surface area contributed by atoms with E-state index < -0.39 is 0 Å². The SMILES string of the molecule is Cc1ccc(NC(=O)Nc2ncc(Cc3ncno3)s2)c(OCC(C)C)c1. The summed E-state index contributed by atoms with van der Waals surface area (Å²) in [7, 11) is 0. The lowest BCUT2D eigenvalue weighted by molar-refractivity contribution is 0.260. The summed E-state index contributed by atoms with van der Waals surface area (Å²) < 4.78 is 10.8. The molecule has 3 rings (SSSR count). The lowest BCUT2D eigenvalue weighted by atomic mass is 10.2. The van der Waals surface area contributed by atoms with E-state index in [0.717, 1.165) is 10.4 Å². The van der Waals surface area contributed by atoms with E-state index in [1.165, 1.54) is 17.7 Å². The number of benzene rings is 1. The molecule has 0 unspecified atom stereocenters. The van der Waals surface area contributed by atoms with E-state index in [0.29, 0.717) is 41.4 Å². The molecule has 2 heterocycles. The molecule has 0 saturated heterocycles. The van der Waals surface area contributed by atoms with Crippen LogP contribution in [-0.4, -0.2) is 27.8 Å². The standard InChI is InChI=1S/C18H21N5O3S/c1-11(2)9-25-15-6-12(3)4-5-14(15)22-17(24)23-18-19-8-13(27-18)7-16-20-10-21-26-16/h4-6,8,10-11H,7,9H2,1-3H3,(H2,19,22,23,24). The molecule has 0 saturated carbocycles. The summed E-state index contributed by atoms with van der Waals surface area (Å²) in [6, 6.07) is 5.27. The van der Waals surface area contributed by atoms with Crippen LogP contribution in [0.3, 0.4) is 0 Å². The van der Waals surface area contributed by atoms with Gasteiger partial charge in [-0.2, -0.15) is 4.98 Å². The Hall–Kier alpha value is -2.94. The Labute approximate surface area is 161 Å². The topological polar surface area (TPSA) is 102 Å². The molecule has 0 aliphatic carbocycles. The summed E-state index contributed by atoms with van der Waals surface area (Å²) in [5.74, 6) is 1.54. The van der Waals surface area contributed by atoms with E-state index in [9.17, 15) is 4.79 Å². The highest BCUT2D eigenvalue weighted by Gasteiger charge is 2.12. The van der Waals surface area contributed by atoms with E-state index in [1.807, 2.05) is 25.1 Å². The van der Waals surface area contributed by atoms with Gasteiger partial charge in [-0.05, 0) is 30.5 Å². The molecule has 3 aromatic rings. The summed E-state index contributed by atoms with van der Waals surface area (Å²) in [6.07, 6.45) is 3.50. The van der Waals surface area contributed by atoms with Gasteiger partial charge in [0.15, 0.2) is 11.5 Å². The zero-order valence-corrected chi connectivity index (χ0v) is 16.2. The third-order valence-electron chi connectivity index (χ3n) is 3.46. The Balaban J connectivity index is 1.61. The van der Waals surface area contributed by atoms with Crippen LogP contribution in [-0.2, 0) is 6.42 Å². The van der Waals surface area contributed by atoms with Gasteiger partial charge in [0, 0.05) is 11.1 Å². The molecule has 2 aromatic heterocycles. The van der Waals surface area contributed by atoms with E-state index in [4.69, 9.17) is 9.26 Å². The highest BCUT2D eigenvalue weighted by Crippen LogP contribution is 2.27. The number of amides is 2. The third kappa shape index (κ3) is 5.52. The van der Waals surface area contributed by atoms with Gasteiger partial charge in [0.2, 0.25) is 5.89 Å². The molecule has 0 bridgehead atoms. The number of hydrogen-bond donors (Lipinski definition) is 2. The third-order valence-corrected chi connectivity index (χ3v) is 4.38. The van der Waals surface area contributed by atoms with Crippen molar-refractivity contribution in [2.24, 2.45) is 5.92 Å². The van der Waals surface area contributed by atoms with E-state index in [1.54, 1.807) is 6.20 Å². The van der Waals surface area contributed by atoms with Crippen molar-refractivity contribution in [1.82, 2.24) is 15.1 Å². The second-order valence-electron chi connectivity index (χ2n) is 6.43. The molecule has 1 aromatic carbocycles. The average Bonchev–Trinajstić information content (AvgIpc) is 3.27. The molecule has 8 nitrogen and oxygen atoms in total. The summed E-state index contributed by atoms with van der Waals surface area (Å²) >= 11 is 1.35. The average molecular weight is 387 g/mol. The van der Waals surface area contributed by atoms with Crippen molar-refractivity contribution in [1.29, 1.82) is 0 Å². The molecular formula is C18H21N5O3S. The predicted molar refractivity (Wildman–Crippen MR) is 103 cm³/mol. The number of hydrogen-bond acceptors (Lipinski definition) is 7. The minimum atomic E-state index is -0.382. The molecule has 0 aliphatic rings. The highest BCUT2D eigenvalue weighted by molar-refractivity contribution is 7.15. The molecule has 2 N–H and O–H groups in total. The molecule has 0 radical (unpaired) electrons. The summed E-state index contributed by atoms with van der Waals surface area (Å²) in [5.41, 5.74) is 1.67. The van der Waals surface area contributed by atoms with E-state index >= 15 is 0 Å². The number of rotatable bonds is 7. The predicted octanol–water partition coefficient (Wildman–Crippen LogP) is 4.10. The maximum absolute atomic E-state index is 12.3. The van der Waals surface area contributed by atoms with E-state index in [2.05, 4.69) is 39.6 Å². The number of nitrogens with one attached hydrogen (secondary N) is 2. The van der Waals surface area contributed by atoms with Gasteiger partial charge in [-0.3, -0.25) is 5.32 Å². The lowest BCUT2D eigenvalue weighted by Gasteiger charge is -2.14. The summed E-state index contributed by atoms with van der Waals surface area (Å²) in [4.78, 5) is 21.4. The minimum absolute atomic E-state index is 0.382. The monoisotopic (exact) mass is 387 g/mol. The lowest BCUT2D eigenvalue weighted by Crippen LogP contribution is -2.20. The van der Waals surface area contributed by atoms with Crippen LogP contribution >= 0.6 is 11.3 Å². The fraction of sp³-hybridized carbons (Fsp3) is 0.333. The second kappa shape index (κ2) is 8.63. The van der Waals surface area contributed by atoms with Gasteiger partial charge in [0.05, 0.1) is 18.7 Å². The number of carbonyl (C=O) groups is 1. The van der Waals surface area contributed by atoms with Crippen molar-refractivity contribution >= 4 is 28.2 Å². The Morgan fingerprint density at radius 3 is 2.89 bits per heavy atom. The van der Waals surface area contributed by atoms with Crippen molar-refractivity contribution in [3.05, 3.63) is 47.1 Å². The number of aryl methyl sites for hydroxylation is 1. The van der Waals surface area contributed by atoms with Crippen molar-refractivity contribution in [2.45, 2.75) is 27.2 Å². The number of nitrogens with zero attached hydrogens (tertiary/aromatic N) is 3. The fourth-order valence-electron chi connectivity index (χ4n) is 2.23. The summed E-state index contributed by atoms with van der Waals surface area (Å²) in [5, 5.41) is 9.60. The first-order valence-corrected chi connectivity index (χ1v) is 9.33. The van der Waals surface area contributed by atoms with Crippen LogP contribution in [0.1, 0.15) is 30.2 Å². The number of carbonyl (C=O) groups excluding carboxylic acids is 1. The van der Waals surface area contributed by atoms with Gasteiger partial charge in [-0.15, -0.1) is 11.3 Å². The van der Waals surface area contributed by atoms with Crippen molar-refractivity contribution in [3.8, 4) is 5.75 Å². The Morgan fingerprint density at radius 2 is 2.15 bits per heavy atom. The van der Waals surface area contributed by atoms with Crippen LogP contribution in [0.4, 0.5) is 15.6 Å². The fourth-order valence-corrected chi connectivity index (χ4v) is 3.03. The molecule has 0 aliphatic heterocycles. The first-order valence-electron chi connectivity index (χ1n) is 8.51. The minimum Gasteiger partial charge on any atom is -0.491 e. The molecular weight excluding hydrogens is 366 g/mol. The first kappa shape index (κ1) is 18.8. The number of ether oxygens (including phenoxy) is 1. The van der Waals surface area contributed by atoms with Crippen LogP contribution in [0.25, 0.3) is 0 Å². The maximum atomic E-state index is 12.3. The zero-order valence-electron chi connectivity index (χ0n) is 15.4. The van der Waals surface area contributed by atoms with Gasteiger partial charge in [-0.25, -0.2) is 9.78 Å². The second-order valence-corrected chi connectivity index (χ2v) is 7.54. The quantitative estimate of drug-likeness (QED) is 0.633. The molecule has 2 amide bonds. The highest BCUT2D eigenvalue weighted by atomic mass is 32.1. The Kier molecular flexibility index (Phi) is 6.02. The number of urea groups is 1. The molecule has 0 fully saturated rings. The number of thiazole rings is 1. The van der Waals surface area contributed by atoms with Gasteiger partial charge < -0.3 is 14.6 Å². The van der Waals surface area contributed by atoms with Gasteiger partial charge in [-0.1, -0.05) is 25.1 Å². The largest absolute Gasteiger partial charge is 0.491 e. The Morgan fingerprint density at radius 1 is 1.30 bits per heavy atom. The smallest absolute Gasteiger partial charge is 0.325 e.